The number of carbonyl (C=O) groups excluding carboxylic acids is 2. The van der Waals surface area contributed by atoms with E-state index >= 15 is 0 Å². The van der Waals surface area contributed by atoms with E-state index in [4.69, 9.17) is 13.9 Å². The van der Waals surface area contributed by atoms with Gasteiger partial charge >= 0.3 is 0 Å². The van der Waals surface area contributed by atoms with Gasteiger partial charge < -0.3 is 24.1 Å². The highest BCUT2D eigenvalue weighted by Gasteiger charge is 2.24. The van der Waals surface area contributed by atoms with Crippen molar-refractivity contribution < 1.29 is 23.5 Å². The molecule has 7 heteroatoms. The Labute approximate surface area is 170 Å². The van der Waals surface area contributed by atoms with E-state index in [9.17, 15) is 9.59 Å². The maximum atomic E-state index is 12.3. The molecule has 0 bridgehead atoms. The molecule has 1 saturated heterocycles. The van der Waals surface area contributed by atoms with Gasteiger partial charge in [0.15, 0.2) is 11.5 Å². The summed E-state index contributed by atoms with van der Waals surface area (Å²) >= 11 is 0. The topological polar surface area (TPSA) is 81.0 Å². The van der Waals surface area contributed by atoms with Crippen molar-refractivity contribution in [2.75, 3.05) is 26.8 Å². The number of furan rings is 1. The fourth-order valence-corrected chi connectivity index (χ4v) is 3.28. The third-order valence-corrected chi connectivity index (χ3v) is 4.81. The lowest BCUT2D eigenvalue weighted by Crippen LogP contribution is -2.46. The van der Waals surface area contributed by atoms with Crippen LogP contribution in [0.3, 0.4) is 0 Å². The van der Waals surface area contributed by atoms with Crippen LogP contribution in [-0.2, 0) is 4.79 Å². The number of hydrogen-bond donors (Lipinski definition) is 1. The molecule has 1 N–H and O–H groups in total. The molecule has 0 radical (unpaired) electrons. The van der Waals surface area contributed by atoms with Gasteiger partial charge in [0, 0.05) is 25.2 Å². The maximum absolute atomic E-state index is 12.3. The standard InChI is InChI=1S/C22H26N2O5/c1-3-29-20-14-16(4-6-19(20)27-2)5-7-21(25)23-18-8-11-24(12-9-18)22(26)17-10-13-28-15-17/h4-7,10,13-15,18H,3,8-9,11-12H2,1-2H3,(H,23,25)/b7-5+. The second-order valence-corrected chi connectivity index (χ2v) is 6.76. The van der Waals surface area contributed by atoms with Crippen molar-refractivity contribution in [1.29, 1.82) is 0 Å². The molecule has 1 aromatic heterocycles. The SMILES string of the molecule is CCOc1cc(/C=C/C(=O)NC2CCN(C(=O)c3ccoc3)CC2)ccc1OC. The summed E-state index contributed by atoms with van der Waals surface area (Å²) < 4.78 is 15.8. The predicted molar refractivity (Wildman–Crippen MR) is 109 cm³/mol. The smallest absolute Gasteiger partial charge is 0.257 e. The first-order valence-electron chi connectivity index (χ1n) is 9.71. The highest BCUT2D eigenvalue weighted by atomic mass is 16.5. The lowest BCUT2D eigenvalue weighted by Gasteiger charge is -2.32. The van der Waals surface area contributed by atoms with Crippen LogP contribution in [0, 0.1) is 0 Å². The number of benzene rings is 1. The van der Waals surface area contributed by atoms with Crippen molar-refractivity contribution in [2.24, 2.45) is 0 Å². The van der Waals surface area contributed by atoms with Crippen molar-refractivity contribution in [3.63, 3.8) is 0 Å². The zero-order chi connectivity index (χ0) is 20.6. The molecule has 3 rings (SSSR count). The monoisotopic (exact) mass is 398 g/mol. The van der Waals surface area contributed by atoms with Gasteiger partial charge in [-0.3, -0.25) is 9.59 Å². The van der Waals surface area contributed by atoms with Crippen LogP contribution < -0.4 is 14.8 Å². The number of carbonyl (C=O) groups is 2. The Morgan fingerprint density at radius 3 is 2.69 bits per heavy atom. The molecule has 2 aromatic rings. The van der Waals surface area contributed by atoms with Crippen LogP contribution in [0.15, 0.2) is 47.3 Å². The largest absolute Gasteiger partial charge is 0.493 e. The molecular weight excluding hydrogens is 372 g/mol. The molecule has 7 nitrogen and oxygen atoms in total. The third kappa shape index (κ3) is 5.40. The number of methoxy groups -OCH3 is 1. The van der Waals surface area contributed by atoms with Crippen LogP contribution in [0.25, 0.3) is 6.08 Å². The molecule has 0 aliphatic carbocycles. The van der Waals surface area contributed by atoms with Crippen LogP contribution in [0.1, 0.15) is 35.7 Å². The van der Waals surface area contributed by atoms with E-state index in [0.717, 1.165) is 18.4 Å². The molecule has 29 heavy (non-hydrogen) atoms. The molecule has 1 fully saturated rings. The van der Waals surface area contributed by atoms with Gasteiger partial charge in [-0.1, -0.05) is 6.07 Å². The molecular formula is C22H26N2O5. The Kier molecular flexibility index (Phi) is 6.94. The quantitative estimate of drug-likeness (QED) is 0.725. The zero-order valence-electron chi connectivity index (χ0n) is 16.7. The number of piperidine rings is 1. The van der Waals surface area contributed by atoms with Gasteiger partial charge in [0.2, 0.25) is 5.91 Å². The molecule has 1 aromatic carbocycles. The second kappa shape index (κ2) is 9.82. The summed E-state index contributed by atoms with van der Waals surface area (Å²) in [6.07, 6.45) is 7.65. The molecule has 2 amide bonds. The lowest BCUT2D eigenvalue weighted by molar-refractivity contribution is -0.117. The summed E-state index contributed by atoms with van der Waals surface area (Å²) in [7, 11) is 1.59. The summed E-state index contributed by atoms with van der Waals surface area (Å²) in [6.45, 7) is 3.65. The van der Waals surface area contributed by atoms with Crippen molar-refractivity contribution in [3.8, 4) is 11.5 Å². The van der Waals surface area contributed by atoms with Crippen molar-refractivity contribution in [1.82, 2.24) is 10.2 Å². The summed E-state index contributed by atoms with van der Waals surface area (Å²) in [5.41, 5.74) is 1.41. The fraction of sp³-hybridized carbons (Fsp3) is 0.364. The lowest BCUT2D eigenvalue weighted by atomic mass is 10.0. The van der Waals surface area contributed by atoms with Gasteiger partial charge in [-0.25, -0.2) is 0 Å². The van der Waals surface area contributed by atoms with Crippen molar-refractivity contribution >= 4 is 17.9 Å². The maximum Gasteiger partial charge on any atom is 0.257 e. The van der Waals surface area contributed by atoms with Crippen molar-refractivity contribution in [3.05, 3.63) is 54.0 Å². The average Bonchev–Trinajstić information content (AvgIpc) is 3.28. The highest BCUT2D eigenvalue weighted by molar-refractivity contribution is 5.94. The van der Waals surface area contributed by atoms with Crippen LogP contribution in [0.5, 0.6) is 11.5 Å². The summed E-state index contributed by atoms with van der Waals surface area (Å²) in [5, 5.41) is 3.01. The Hall–Kier alpha value is -3.22. The predicted octanol–water partition coefficient (Wildman–Crippen LogP) is 3.12. The van der Waals surface area contributed by atoms with E-state index < -0.39 is 0 Å². The molecule has 154 valence electrons. The molecule has 1 aliphatic rings. The average molecular weight is 398 g/mol. The molecule has 1 aliphatic heterocycles. The first-order valence-corrected chi connectivity index (χ1v) is 9.71. The van der Waals surface area contributed by atoms with E-state index in [1.165, 1.54) is 18.6 Å². The minimum Gasteiger partial charge on any atom is -0.493 e. The minimum atomic E-state index is -0.154. The zero-order valence-corrected chi connectivity index (χ0v) is 16.7. The van der Waals surface area contributed by atoms with Gasteiger partial charge in [-0.2, -0.15) is 0 Å². The first-order chi connectivity index (χ1) is 14.1. The van der Waals surface area contributed by atoms with E-state index in [1.807, 2.05) is 25.1 Å². The molecule has 0 spiro atoms. The summed E-state index contributed by atoms with van der Waals surface area (Å²) in [4.78, 5) is 26.4. The molecule has 0 unspecified atom stereocenters. The first kappa shape index (κ1) is 20.5. The number of likely N-dealkylation sites (tertiary alicyclic amines) is 1. The Morgan fingerprint density at radius 1 is 1.24 bits per heavy atom. The van der Waals surface area contributed by atoms with Gasteiger partial charge in [0.05, 0.1) is 25.5 Å². The second-order valence-electron chi connectivity index (χ2n) is 6.76. The number of nitrogens with one attached hydrogen (secondary N) is 1. The Bertz CT molecular complexity index is 852. The van der Waals surface area contributed by atoms with Gasteiger partial charge in [-0.15, -0.1) is 0 Å². The number of amides is 2. The Morgan fingerprint density at radius 2 is 2.03 bits per heavy atom. The summed E-state index contributed by atoms with van der Waals surface area (Å²) in [5.74, 6) is 1.11. The van der Waals surface area contributed by atoms with Gasteiger partial charge in [0.25, 0.3) is 5.91 Å². The van der Waals surface area contributed by atoms with Gasteiger partial charge in [0.1, 0.15) is 6.26 Å². The number of hydrogen-bond acceptors (Lipinski definition) is 5. The minimum absolute atomic E-state index is 0.0342. The number of rotatable bonds is 7. The van der Waals surface area contributed by atoms with E-state index in [1.54, 1.807) is 24.2 Å². The van der Waals surface area contributed by atoms with Crippen LogP contribution in [0.4, 0.5) is 0 Å². The van der Waals surface area contributed by atoms with Crippen LogP contribution in [0.2, 0.25) is 0 Å². The fourth-order valence-electron chi connectivity index (χ4n) is 3.28. The number of ether oxygens (including phenoxy) is 2. The Balaban J connectivity index is 1.50. The normalized spacial score (nSPS) is 14.8. The van der Waals surface area contributed by atoms with E-state index in [-0.39, 0.29) is 17.9 Å². The molecule has 0 saturated carbocycles. The molecule has 2 heterocycles. The van der Waals surface area contributed by atoms with E-state index in [0.29, 0.717) is 36.8 Å². The van der Waals surface area contributed by atoms with E-state index in [2.05, 4.69) is 5.32 Å². The van der Waals surface area contributed by atoms with Gasteiger partial charge in [-0.05, 0) is 49.6 Å². The summed E-state index contributed by atoms with van der Waals surface area (Å²) in [6, 6.07) is 7.24. The molecule has 0 atom stereocenters. The van der Waals surface area contributed by atoms with Crippen molar-refractivity contribution in [2.45, 2.75) is 25.8 Å². The third-order valence-electron chi connectivity index (χ3n) is 4.81. The number of nitrogens with zero attached hydrogens (tertiary/aromatic N) is 1. The van der Waals surface area contributed by atoms with Crippen LogP contribution >= 0.6 is 0 Å². The highest BCUT2D eigenvalue weighted by Crippen LogP contribution is 2.28. The van der Waals surface area contributed by atoms with Crippen LogP contribution in [-0.4, -0.2) is 49.6 Å².